The van der Waals surface area contributed by atoms with Gasteiger partial charge in [-0.05, 0) is 56.3 Å². The molecule has 1 aromatic carbocycles. The Labute approximate surface area is 167 Å². The molecule has 3 aliphatic rings. The molecular formula is C19H24N4O5S. The van der Waals surface area contributed by atoms with Crippen LogP contribution in [-0.4, -0.2) is 55.9 Å². The second kappa shape index (κ2) is 6.96. The van der Waals surface area contributed by atoms with E-state index in [0.717, 1.165) is 32.4 Å². The quantitative estimate of drug-likeness (QED) is 0.657. The van der Waals surface area contributed by atoms with Gasteiger partial charge in [0.05, 0.1) is 10.4 Å². The summed E-state index contributed by atoms with van der Waals surface area (Å²) in [4.78, 5) is 28.5. The summed E-state index contributed by atoms with van der Waals surface area (Å²) in [6.45, 7) is 1.89. The zero-order chi connectivity index (χ0) is 20.2. The summed E-state index contributed by atoms with van der Waals surface area (Å²) in [6, 6.07) is 4.32. The van der Waals surface area contributed by atoms with E-state index in [1.165, 1.54) is 18.2 Å². The van der Waals surface area contributed by atoms with Crippen LogP contribution in [0, 0.1) is 11.8 Å². The van der Waals surface area contributed by atoms with Gasteiger partial charge in [0.25, 0.3) is 0 Å². The van der Waals surface area contributed by atoms with Crippen LogP contribution in [-0.2, 0) is 14.8 Å². The number of hydrogen-bond acceptors (Lipinski definition) is 6. The fourth-order valence-corrected chi connectivity index (χ4v) is 6.33. The molecule has 1 amide bonds. The molecule has 5 rings (SSSR count). The Morgan fingerprint density at radius 1 is 1.21 bits per heavy atom. The zero-order valence-electron chi connectivity index (χ0n) is 15.9. The largest absolute Gasteiger partial charge is 0.417 e. The number of nitrogens with zero attached hydrogens (tertiary/aromatic N) is 1. The Hall–Kier alpha value is -2.17. The van der Waals surface area contributed by atoms with Gasteiger partial charge in [0.2, 0.25) is 15.9 Å². The van der Waals surface area contributed by atoms with Crippen LogP contribution in [0.25, 0.3) is 11.1 Å². The molecule has 1 aromatic heterocycles. The first-order valence-electron chi connectivity index (χ1n) is 10.1. The smallest absolute Gasteiger partial charge is 0.408 e. The number of carbonyl (C=O) groups excluding carboxylic acids is 1. The lowest BCUT2D eigenvalue weighted by atomic mass is 9.72. The molecule has 2 aromatic rings. The van der Waals surface area contributed by atoms with Gasteiger partial charge in [-0.3, -0.25) is 9.78 Å². The van der Waals surface area contributed by atoms with E-state index in [1.807, 2.05) is 4.90 Å². The van der Waals surface area contributed by atoms with Crippen molar-refractivity contribution >= 4 is 27.0 Å². The molecular weight excluding hydrogens is 396 g/mol. The van der Waals surface area contributed by atoms with E-state index < -0.39 is 15.8 Å². The maximum Gasteiger partial charge on any atom is 0.417 e. The third kappa shape index (κ3) is 3.28. The molecule has 29 heavy (non-hydrogen) atoms. The normalized spacial score (nSPS) is 29.8. The number of rotatable bonds is 4. The minimum absolute atomic E-state index is 0.0322. The molecule has 10 heteroatoms. The molecule has 0 unspecified atom stereocenters. The number of nitrogens with one attached hydrogen (secondary N) is 3. The average Bonchev–Trinajstić information content (AvgIpc) is 3.08. The molecule has 0 aliphatic carbocycles. The number of H-pyrrole nitrogens is 1. The summed E-state index contributed by atoms with van der Waals surface area (Å²) in [5, 5.41) is 3.46. The molecule has 0 saturated carbocycles. The highest BCUT2D eigenvalue weighted by molar-refractivity contribution is 7.89. The lowest BCUT2D eigenvalue weighted by Gasteiger charge is -2.54. The second-order valence-corrected chi connectivity index (χ2v) is 10.0. The van der Waals surface area contributed by atoms with E-state index in [0.29, 0.717) is 17.9 Å². The van der Waals surface area contributed by atoms with Gasteiger partial charge in [0.15, 0.2) is 5.58 Å². The van der Waals surface area contributed by atoms with Crippen LogP contribution in [0.5, 0.6) is 0 Å². The van der Waals surface area contributed by atoms with E-state index in [-0.39, 0.29) is 40.9 Å². The maximum atomic E-state index is 12.9. The summed E-state index contributed by atoms with van der Waals surface area (Å²) in [5.74, 6) is 0.195. The predicted molar refractivity (Wildman–Crippen MR) is 105 cm³/mol. The third-order valence-corrected chi connectivity index (χ3v) is 8.01. The van der Waals surface area contributed by atoms with Crippen molar-refractivity contribution < 1.29 is 17.6 Å². The van der Waals surface area contributed by atoms with Crippen molar-refractivity contribution in [1.82, 2.24) is 19.9 Å². The topological polar surface area (TPSA) is 125 Å². The Morgan fingerprint density at radius 3 is 2.90 bits per heavy atom. The van der Waals surface area contributed by atoms with Crippen molar-refractivity contribution in [3.63, 3.8) is 0 Å². The first-order chi connectivity index (χ1) is 13.9. The number of piperidine rings is 3. The third-order valence-electron chi connectivity index (χ3n) is 6.59. The van der Waals surface area contributed by atoms with Gasteiger partial charge >= 0.3 is 5.76 Å². The fourth-order valence-electron chi connectivity index (χ4n) is 5.27. The van der Waals surface area contributed by atoms with Crippen molar-refractivity contribution in [2.75, 3.05) is 19.6 Å². The molecule has 2 bridgehead atoms. The van der Waals surface area contributed by atoms with Crippen LogP contribution in [0.4, 0.5) is 0 Å². The lowest BCUT2D eigenvalue weighted by Crippen LogP contribution is -2.66. The standard InChI is InChI=1S/C19H24N4O5S/c24-18-3-1-2-15-11-6-12(9-20-8-11)16(23(15)18)10-21-29(26,27)13-4-5-14-17(7-13)28-19(25)22-14/h4-5,7,11-12,15-16,20-21H,1-3,6,8-10H2,(H,22,25)/t11-,12+,15+,16+/m1/s1. The summed E-state index contributed by atoms with van der Waals surface area (Å²) < 4.78 is 33.4. The van der Waals surface area contributed by atoms with Crippen LogP contribution in [0.3, 0.4) is 0 Å². The molecule has 4 heterocycles. The molecule has 3 saturated heterocycles. The van der Waals surface area contributed by atoms with Crippen molar-refractivity contribution in [3.05, 3.63) is 28.7 Å². The first-order valence-corrected chi connectivity index (χ1v) is 11.5. The van der Waals surface area contributed by atoms with Gasteiger partial charge in [0, 0.05) is 31.1 Å². The number of benzene rings is 1. The van der Waals surface area contributed by atoms with Gasteiger partial charge in [-0.1, -0.05) is 0 Å². The zero-order valence-corrected chi connectivity index (χ0v) is 16.7. The predicted octanol–water partition coefficient (Wildman–Crippen LogP) is 0.388. The molecule has 3 fully saturated rings. The van der Waals surface area contributed by atoms with Gasteiger partial charge < -0.3 is 14.6 Å². The van der Waals surface area contributed by atoms with Crippen molar-refractivity contribution in [3.8, 4) is 0 Å². The summed E-state index contributed by atoms with van der Waals surface area (Å²) in [6.07, 6.45) is 3.45. The number of hydrogen-bond donors (Lipinski definition) is 3. The molecule has 9 nitrogen and oxygen atoms in total. The Morgan fingerprint density at radius 2 is 2.03 bits per heavy atom. The van der Waals surface area contributed by atoms with Gasteiger partial charge in [-0.25, -0.2) is 17.9 Å². The summed E-state index contributed by atoms with van der Waals surface area (Å²) in [7, 11) is -3.81. The molecule has 4 atom stereocenters. The maximum absolute atomic E-state index is 12.9. The van der Waals surface area contributed by atoms with E-state index in [4.69, 9.17) is 4.42 Å². The van der Waals surface area contributed by atoms with Crippen LogP contribution >= 0.6 is 0 Å². The Balaban J connectivity index is 1.39. The molecule has 0 spiro atoms. The number of aromatic amines is 1. The Bertz CT molecular complexity index is 1110. The molecule has 3 aliphatic heterocycles. The monoisotopic (exact) mass is 420 g/mol. The van der Waals surface area contributed by atoms with Crippen LogP contribution in [0.15, 0.2) is 32.3 Å². The molecule has 3 N–H and O–H groups in total. The van der Waals surface area contributed by atoms with Crippen molar-refractivity contribution in [2.24, 2.45) is 11.8 Å². The lowest BCUT2D eigenvalue weighted by molar-refractivity contribution is -0.148. The van der Waals surface area contributed by atoms with Crippen LogP contribution in [0.2, 0.25) is 0 Å². The summed E-state index contributed by atoms with van der Waals surface area (Å²) >= 11 is 0. The number of sulfonamides is 1. The number of carbonyl (C=O) groups is 1. The van der Waals surface area contributed by atoms with E-state index in [9.17, 15) is 18.0 Å². The minimum atomic E-state index is -3.81. The van der Waals surface area contributed by atoms with E-state index in [1.54, 1.807) is 0 Å². The number of amides is 1. The van der Waals surface area contributed by atoms with Crippen molar-refractivity contribution in [2.45, 2.75) is 42.7 Å². The van der Waals surface area contributed by atoms with Gasteiger partial charge in [-0.2, -0.15) is 0 Å². The highest BCUT2D eigenvalue weighted by Gasteiger charge is 2.47. The summed E-state index contributed by atoms with van der Waals surface area (Å²) in [5.41, 5.74) is 0.642. The van der Waals surface area contributed by atoms with E-state index in [2.05, 4.69) is 15.0 Å². The molecule has 0 radical (unpaired) electrons. The second-order valence-electron chi connectivity index (χ2n) is 8.27. The number of aromatic nitrogens is 1. The number of fused-ring (bicyclic) bond motifs is 5. The SMILES string of the molecule is O=C1CCC[C@H]2[C@H]3CNC[C@H](C3)[C@H](CNS(=O)(=O)c3ccc4[nH]c(=O)oc4c3)N12. The number of oxazole rings is 1. The highest BCUT2D eigenvalue weighted by atomic mass is 32.2. The van der Waals surface area contributed by atoms with Gasteiger partial charge in [-0.15, -0.1) is 0 Å². The van der Waals surface area contributed by atoms with Crippen LogP contribution in [0.1, 0.15) is 25.7 Å². The average molecular weight is 420 g/mol. The molecule has 156 valence electrons. The fraction of sp³-hybridized carbons (Fsp3) is 0.579. The highest BCUT2D eigenvalue weighted by Crippen LogP contribution is 2.39. The van der Waals surface area contributed by atoms with Gasteiger partial charge in [0.1, 0.15) is 0 Å². The minimum Gasteiger partial charge on any atom is -0.408 e. The van der Waals surface area contributed by atoms with Crippen molar-refractivity contribution in [1.29, 1.82) is 0 Å². The first kappa shape index (κ1) is 18.8. The van der Waals surface area contributed by atoms with E-state index >= 15 is 0 Å². The Kier molecular flexibility index (Phi) is 4.52. The van der Waals surface area contributed by atoms with Crippen LogP contribution < -0.4 is 15.8 Å².